The summed E-state index contributed by atoms with van der Waals surface area (Å²) in [5.74, 6) is 1.00. The topological polar surface area (TPSA) is 47.9 Å². The Morgan fingerprint density at radius 1 is 1.36 bits per heavy atom. The normalized spacial score (nSPS) is 19.4. The molecule has 0 aromatic carbocycles. The van der Waals surface area contributed by atoms with Crippen molar-refractivity contribution in [2.24, 2.45) is 10.4 Å². The largest absolute Gasteiger partial charge is 0.357 e. The quantitative estimate of drug-likeness (QED) is 0.415. The van der Waals surface area contributed by atoms with E-state index >= 15 is 0 Å². The fourth-order valence-electron chi connectivity index (χ4n) is 3.42. The van der Waals surface area contributed by atoms with Gasteiger partial charge < -0.3 is 15.1 Å². The van der Waals surface area contributed by atoms with Crippen LogP contribution in [0.25, 0.3) is 0 Å². The zero-order chi connectivity index (χ0) is 17.2. The number of carbonyl (C=O) groups excluding carboxylic acids is 1. The van der Waals surface area contributed by atoms with Gasteiger partial charge in [-0.05, 0) is 42.2 Å². The first-order valence-corrected chi connectivity index (χ1v) is 9.73. The molecular weight excluding hydrogens is 447 g/mol. The predicted molar refractivity (Wildman–Crippen MR) is 115 cm³/mol. The molecule has 5 nitrogen and oxygen atoms in total. The smallest absolute Gasteiger partial charge is 0.244 e. The number of nitrogens with zero attached hydrogens (tertiary/aromatic N) is 3. The zero-order valence-corrected chi connectivity index (χ0v) is 18.5. The number of carbonyl (C=O) groups is 1. The fraction of sp³-hybridized carbons (Fsp3) is 0.667. The van der Waals surface area contributed by atoms with Crippen molar-refractivity contribution in [3.05, 3.63) is 21.9 Å². The van der Waals surface area contributed by atoms with Gasteiger partial charge in [-0.2, -0.15) is 0 Å². The van der Waals surface area contributed by atoms with Crippen LogP contribution in [0.4, 0.5) is 0 Å². The van der Waals surface area contributed by atoms with Crippen LogP contribution in [0.5, 0.6) is 0 Å². The van der Waals surface area contributed by atoms with Crippen molar-refractivity contribution in [3.63, 3.8) is 0 Å². The van der Waals surface area contributed by atoms with Crippen molar-refractivity contribution in [1.29, 1.82) is 0 Å². The molecule has 0 bridgehead atoms. The molecule has 1 aromatic rings. The minimum atomic E-state index is 0. The molecule has 2 aliphatic heterocycles. The first kappa shape index (κ1) is 20.5. The fourth-order valence-corrected chi connectivity index (χ4v) is 4.31. The van der Waals surface area contributed by atoms with Crippen molar-refractivity contribution in [3.8, 4) is 0 Å². The van der Waals surface area contributed by atoms with E-state index in [4.69, 9.17) is 0 Å². The molecule has 0 spiro atoms. The van der Waals surface area contributed by atoms with Gasteiger partial charge in [-0.3, -0.25) is 4.79 Å². The first-order valence-electron chi connectivity index (χ1n) is 8.85. The minimum Gasteiger partial charge on any atom is -0.357 e. The van der Waals surface area contributed by atoms with Crippen LogP contribution in [0.3, 0.4) is 0 Å². The van der Waals surface area contributed by atoms with Gasteiger partial charge in [0.2, 0.25) is 5.91 Å². The number of guanidine groups is 1. The van der Waals surface area contributed by atoms with Crippen molar-refractivity contribution in [2.45, 2.75) is 40.2 Å². The molecule has 1 amide bonds. The Labute approximate surface area is 171 Å². The highest BCUT2D eigenvalue weighted by Gasteiger charge is 2.31. The van der Waals surface area contributed by atoms with E-state index in [0.29, 0.717) is 5.41 Å². The van der Waals surface area contributed by atoms with Gasteiger partial charge in [0.1, 0.15) is 6.54 Å². The third-order valence-corrected chi connectivity index (χ3v) is 5.86. The number of hydrogen-bond donors (Lipinski definition) is 1. The second kappa shape index (κ2) is 8.70. The summed E-state index contributed by atoms with van der Waals surface area (Å²) in [7, 11) is 0. The lowest BCUT2D eigenvalue weighted by Crippen LogP contribution is -2.42. The summed E-state index contributed by atoms with van der Waals surface area (Å²) >= 11 is 1.80. The van der Waals surface area contributed by atoms with E-state index in [1.54, 1.807) is 11.3 Å². The second-order valence-electron chi connectivity index (χ2n) is 7.44. The Morgan fingerprint density at radius 2 is 2.16 bits per heavy atom. The Bertz CT molecular complexity index is 628. The molecule has 0 unspecified atom stereocenters. The molecule has 1 aromatic heterocycles. The Kier molecular flexibility index (Phi) is 7.13. The monoisotopic (exact) mass is 476 g/mol. The van der Waals surface area contributed by atoms with Crippen LogP contribution >= 0.6 is 35.3 Å². The molecule has 1 fully saturated rings. The molecule has 7 heteroatoms. The highest BCUT2D eigenvalue weighted by molar-refractivity contribution is 14.0. The van der Waals surface area contributed by atoms with E-state index in [9.17, 15) is 4.79 Å². The van der Waals surface area contributed by atoms with Crippen LogP contribution < -0.4 is 5.32 Å². The van der Waals surface area contributed by atoms with Gasteiger partial charge in [-0.15, -0.1) is 35.3 Å². The Hall–Kier alpha value is -0.830. The summed E-state index contributed by atoms with van der Waals surface area (Å²) < 4.78 is 0. The van der Waals surface area contributed by atoms with Gasteiger partial charge in [0.25, 0.3) is 0 Å². The van der Waals surface area contributed by atoms with Gasteiger partial charge in [0.05, 0.1) is 0 Å². The van der Waals surface area contributed by atoms with E-state index in [2.05, 4.69) is 47.4 Å². The summed E-state index contributed by atoms with van der Waals surface area (Å²) in [5.41, 5.74) is 1.62. The van der Waals surface area contributed by atoms with Crippen molar-refractivity contribution in [1.82, 2.24) is 15.1 Å². The van der Waals surface area contributed by atoms with Gasteiger partial charge >= 0.3 is 0 Å². The molecule has 1 saturated heterocycles. The number of halogens is 1. The average Bonchev–Trinajstić information content (AvgIpc) is 3.16. The summed E-state index contributed by atoms with van der Waals surface area (Å²) in [5, 5.41) is 5.46. The Morgan fingerprint density at radius 3 is 2.84 bits per heavy atom. The number of likely N-dealkylation sites (tertiary alicyclic amines) is 1. The number of rotatable bonds is 3. The molecule has 0 aliphatic carbocycles. The van der Waals surface area contributed by atoms with E-state index in [1.165, 1.54) is 16.9 Å². The number of nitrogens with one attached hydrogen (secondary N) is 1. The van der Waals surface area contributed by atoms with E-state index in [1.807, 2.05) is 4.90 Å². The van der Waals surface area contributed by atoms with Crippen LogP contribution in [0.2, 0.25) is 0 Å². The highest BCUT2D eigenvalue weighted by atomic mass is 127. The van der Waals surface area contributed by atoms with Crippen LogP contribution in [0.1, 0.15) is 37.6 Å². The van der Waals surface area contributed by atoms with E-state index in [-0.39, 0.29) is 36.4 Å². The van der Waals surface area contributed by atoms with Gasteiger partial charge in [-0.1, -0.05) is 13.8 Å². The molecular formula is C18H29IN4OS. The third kappa shape index (κ3) is 5.09. The number of amides is 1. The molecule has 0 saturated carbocycles. The van der Waals surface area contributed by atoms with E-state index in [0.717, 1.165) is 45.1 Å². The number of hydrogen-bond acceptors (Lipinski definition) is 3. The standard InChI is InChI=1S/C18H28N4OS.HI/c1-4-19-17(22-9-7-18(2,3)13-22)20-11-16(23)21-8-5-15-14(12-21)6-10-24-15;/h6,10H,4-5,7-9,11-13H2,1-3H3,(H,19,20);1H. The summed E-state index contributed by atoms with van der Waals surface area (Å²) in [6, 6.07) is 2.14. The SMILES string of the molecule is CCNC(=NCC(=O)N1CCc2sccc2C1)N1CCC(C)(C)C1.I. The number of fused-ring (bicyclic) bond motifs is 1. The highest BCUT2D eigenvalue weighted by Crippen LogP contribution is 2.28. The van der Waals surface area contributed by atoms with Crippen LogP contribution in [0, 0.1) is 5.41 Å². The van der Waals surface area contributed by atoms with Crippen molar-refractivity contribution in [2.75, 3.05) is 32.7 Å². The minimum absolute atomic E-state index is 0. The molecule has 0 radical (unpaired) electrons. The van der Waals surface area contributed by atoms with Crippen LogP contribution in [0.15, 0.2) is 16.4 Å². The number of thiophene rings is 1. The van der Waals surface area contributed by atoms with Crippen molar-refractivity contribution >= 4 is 47.2 Å². The summed E-state index contributed by atoms with van der Waals surface area (Å²) in [4.78, 5) is 22.8. The molecule has 140 valence electrons. The molecule has 2 aliphatic rings. The zero-order valence-electron chi connectivity index (χ0n) is 15.4. The van der Waals surface area contributed by atoms with Crippen LogP contribution in [-0.4, -0.2) is 54.4 Å². The third-order valence-electron chi connectivity index (χ3n) is 4.84. The Balaban J connectivity index is 0.00000225. The second-order valence-corrected chi connectivity index (χ2v) is 8.44. The maximum atomic E-state index is 12.6. The lowest BCUT2D eigenvalue weighted by molar-refractivity contribution is -0.130. The summed E-state index contributed by atoms with van der Waals surface area (Å²) in [6.07, 6.45) is 2.14. The first-order chi connectivity index (χ1) is 11.5. The maximum absolute atomic E-state index is 12.6. The molecule has 25 heavy (non-hydrogen) atoms. The maximum Gasteiger partial charge on any atom is 0.244 e. The molecule has 0 atom stereocenters. The predicted octanol–water partition coefficient (Wildman–Crippen LogP) is 2.95. The lowest BCUT2D eigenvalue weighted by atomic mass is 9.93. The van der Waals surface area contributed by atoms with Gasteiger partial charge in [0.15, 0.2) is 5.96 Å². The number of aliphatic imine (C=N–C) groups is 1. The average molecular weight is 476 g/mol. The lowest BCUT2D eigenvalue weighted by Gasteiger charge is -2.27. The summed E-state index contributed by atoms with van der Waals surface area (Å²) in [6.45, 7) is 11.3. The van der Waals surface area contributed by atoms with Crippen LogP contribution in [-0.2, 0) is 17.8 Å². The molecule has 3 heterocycles. The van der Waals surface area contributed by atoms with Gasteiger partial charge in [0, 0.05) is 37.6 Å². The molecule has 1 N–H and O–H groups in total. The van der Waals surface area contributed by atoms with E-state index < -0.39 is 0 Å². The van der Waals surface area contributed by atoms with Crippen molar-refractivity contribution < 1.29 is 4.79 Å². The molecule has 3 rings (SSSR count). The van der Waals surface area contributed by atoms with Gasteiger partial charge in [-0.25, -0.2) is 4.99 Å².